The first-order valence-electron chi connectivity index (χ1n) is 9.55. The van der Waals surface area contributed by atoms with Crippen LogP contribution in [0, 0.1) is 5.41 Å². The lowest BCUT2D eigenvalue weighted by Crippen LogP contribution is -2.56. The Kier molecular flexibility index (Phi) is 5.84. The van der Waals surface area contributed by atoms with Crippen LogP contribution in [0.5, 0.6) is 0 Å². The monoisotopic (exact) mass is 454 g/mol. The van der Waals surface area contributed by atoms with E-state index >= 15 is 0 Å². The van der Waals surface area contributed by atoms with Crippen molar-refractivity contribution in [1.29, 1.82) is 0 Å². The summed E-state index contributed by atoms with van der Waals surface area (Å²) in [6, 6.07) is 8.17. The van der Waals surface area contributed by atoms with Crippen molar-refractivity contribution in [3.05, 3.63) is 54.1 Å². The molecule has 2 aromatic carbocycles. The molecule has 10 heteroatoms. The minimum Gasteiger partial charge on any atom is -0.325 e. The molecule has 0 radical (unpaired) electrons. The largest absolute Gasteiger partial charge is 0.475 e. The van der Waals surface area contributed by atoms with Crippen LogP contribution >= 0.6 is 0 Å². The van der Waals surface area contributed by atoms with Crippen LogP contribution in [0.15, 0.2) is 48.5 Å². The van der Waals surface area contributed by atoms with Gasteiger partial charge in [-0.2, -0.15) is 22.0 Å². The van der Waals surface area contributed by atoms with E-state index in [0.29, 0.717) is 27.7 Å². The molecule has 5 nitrogen and oxygen atoms in total. The third kappa shape index (κ3) is 4.21. The summed E-state index contributed by atoms with van der Waals surface area (Å²) in [5, 5.41) is 3.30. The zero-order valence-corrected chi connectivity index (χ0v) is 17.0. The van der Waals surface area contributed by atoms with Gasteiger partial charge in [0.25, 0.3) is 0 Å². The fourth-order valence-corrected chi connectivity index (χ4v) is 3.37. The van der Waals surface area contributed by atoms with Gasteiger partial charge >= 0.3 is 12.2 Å². The summed E-state index contributed by atoms with van der Waals surface area (Å²) in [4.78, 5) is 38.0. The fraction of sp³-hybridized carbons (Fsp3) is 0.318. The van der Waals surface area contributed by atoms with Crippen molar-refractivity contribution in [2.24, 2.45) is 5.41 Å². The number of carbonyl (C=O) groups is 3. The molecule has 0 unspecified atom stereocenters. The van der Waals surface area contributed by atoms with E-state index in [-0.39, 0.29) is 0 Å². The number of para-hydroxylation sites is 1. The molecule has 1 atom stereocenters. The number of halogens is 5. The second-order valence-electron chi connectivity index (χ2n) is 7.95. The van der Waals surface area contributed by atoms with E-state index in [1.807, 2.05) is 0 Å². The first kappa shape index (κ1) is 23.4. The molecule has 0 spiro atoms. The van der Waals surface area contributed by atoms with Gasteiger partial charge in [0.15, 0.2) is 0 Å². The molecule has 0 bridgehead atoms. The van der Waals surface area contributed by atoms with Gasteiger partial charge < -0.3 is 5.32 Å². The number of benzene rings is 2. The molecule has 170 valence electrons. The molecule has 2 amide bonds. The SMILES string of the molecule is CC(C)(C(=O)C[C@@H]1C(=O)Nc2ccccc2-c2ccccc21)C(=O)NC(F)(F)C(F)(F)F. The average molecular weight is 454 g/mol. The van der Waals surface area contributed by atoms with Gasteiger partial charge in [0.1, 0.15) is 11.2 Å². The third-order valence-electron chi connectivity index (χ3n) is 5.41. The van der Waals surface area contributed by atoms with Crippen molar-refractivity contribution in [3.63, 3.8) is 0 Å². The predicted octanol–water partition coefficient (Wildman–Crippen LogP) is 4.65. The molecule has 1 heterocycles. The van der Waals surface area contributed by atoms with E-state index < -0.39 is 47.6 Å². The highest BCUT2D eigenvalue weighted by Crippen LogP contribution is 2.40. The Morgan fingerprint density at radius 3 is 2.12 bits per heavy atom. The lowest BCUT2D eigenvalue weighted by atomic mass is 9.79. The number of amides is 2. The standard InChI is InChI=1S/C22H19F5N2O3/c1-20(2,19(32)29-22(26,27)21(23,24)25)17(30)11-15-13-8-4-3-7-12(13)14-9-5-6-10-16(14)28-18(15)31/h3-10,15H,11H2,1-2H3,(H,28,31)(H,29,32)/t15-/m0/s1. The van der Waals surface area contributed by atoms with Gasteiger partial charge in [-0.25, -0.2) is 0 Å². The second kappa shape index (κ2) is 7.99. The predicted molar refractivity (Wildman–Crippen MR) is 106 cm³/mol. The van der Waals surface area contributed by atoms with Gasteiger partial charge in [-0.1, -0.05) is 42.5 Å². The van der Waals surface area contributed by atoms with Crippen LogP contribution in [-0.4, -0.2) is 29.8 Å². The van der Waals surface area contributed by atoms with Crippen LogP contribution in [0.1, 0.15) is 31.7 Å². The molecule has 0 fully saturated rings. The third-order valence-corrected chi connectivity index (χ3v) is 5.41. The Hall–Kier alpha value is -3.30. The van der Waals surface area contributed by atoms with Crippen molar-refractivity contribution < 1.29 is 36.3 Å². The van der Waals surface area contributed by atoms with E-state index in [9.17, 15) is 36.3 Å². The number of hydrogen-bond acceptors (Lipinski definition) is 3. The van der Waals surface area contributed by atoms with Crippen molar-refractivity contribution >= 4 is 23.3 Å². The van der Waals surface area contributed by atoms with Crippen LogP contribution < -0.4 is 10.6 Å². The summed E-state index contributed by atoms with van der Waals surface area (Å²) in [5.74, 6) is -4.40. The number of alkyl halides is 5. The van der Waals surface area contributed by atoms with Crippen molar-refractivity contribution in [3.8, 4) is 11.1 Å². The number of ketones is 1. The Balaban J connectivity index is 1.90. The lowest BCUT2D eigenvalue weighted by molar-refractivity contribution is -0.293. The number of anilines is 1. The highest BCUT2D eigenvalue weighted by molar-refractivity contribution is 6.09. The smallest absolute Gasteiger partial charge is 0.325 e. The summed E-state index contributed by atoms with van der Waals surface area (Å²) in [7, 11) is 0. The first-order valence-corrected chi connectivity index (χ1v) is 9.55. The fourth-order valence-electron chi connectivity index (χ4n) is 3.37. The summed E-state index contributed by atoms with van der Waals surface area (Å²) >= 11 is 0. The number of carbonyl (C=O) groups excluding carboxylic acids is 3. The van der Waals surface area contributed by atoms with Gasteiger partial charge in [0, 0.05) is 17.7 Å². The second-order valence-corrected chi connectivity index (χ2v) is 7.95. The van der Waals surface area contributed by atoms with E-state index in [2.05, 4.69) is 5.32 Å². The quantitative estimate of drug-likeness (QED) is 0.393. The zero-order valence-electron chi connectivity index (χ0n) is 17.0. The molecule has 2 aromatic rings. The number of fused-ring (bicyclic) bond motifs is 3. The van der Waals surface area contributed by atoms with Crippen LogP contribution in [0.2, 0.25) is 0 Å². The normalized spacial score (nSPS) is 16.3. The minimum absolute atomic E-state index is 0.472. The molecular formula is C22H19F5N2O3. The molecule has 2 N–H and O–H groups in total. The Morgan fingerprint density at radius 1 is 0.938 bits per heavy atom. The van der Waals surface area contributed by atoms with Gasteiger partial charge in [0.05, 0.1) is 5.92 Å². The average Bonchev–Trinajstić information content (AvgIpc) is 2.81. The van der Waals surface area contributed by atoms with Crippen molar-refractivity contribution in [1.82, 2.24) is 5.32 Å². The number of rotatable bonds is 5. The van der Waals surface area contributed by atoms with Crippen LogP contribution in [0.4, 0.5) is 27.6 Å². The van der Waals surface area contributed by atoms with Crippen LogP contribution in [0.25, 0.3) is 11.1 Å². The maximum absolute atomic E-state index is 13.3. The summed E-state index contributed by atoms with van der Waals surface area (Å²) in [5.41, 5.74) is 0.0865. The summed E-state index contributed by atoms with van der Waals surface area (Å²) in [6.07, 6.45) is -6.59. The molecule has 3 rings (SSSR count). The molecule has 0 saturated heterocycles. The lowest BCUT2D eigenvalue weighted by Gasteiger charge is -2.28. The van der Waals surface area contributed by atoms with E-state index in [0.717, 1.165) is 13.8 Å². The van der Waals surface area contributed by atoms with Gasteiger partial charge in [-0.05, 0) is 31.0 Å². The van der Waals surface area contributed by atoms with Crippen molar-refractivity contribution in [2.75, 3.05) is 5.32 Å². The topological polar surface area (TPSA) is 75.3 Å². The molecule has 0 saturated carbocycles. The maximum Gasteiger partial charge on any atom is 0.475 e. The Bertz CT molecular complexity index is 1080. The highest BCUT2D eigenvalue weighted by Gasteiger charge is 2.60. The molecule has 0 aromatic heterocycles. The van der Waals surface area contributed by atoms with Crippen LogP contribution in [0.3, 0.4) is 0 Å². The van der Waals surface area contributed by atoms with Crippen LogP contribution in [-0.2, 0) is 14.4 Å². The number of nitrogens with one attached hydrogen (secondary N) is 2. The number of Topliss-reactive ketones (excluding diaryl/α,β-unsaturated/α-hetero) is 1. The summed E-state index contributed by atoms with van der Waals surface area (Å²) in [6.45, 7) is 1.87. The van der Waals surface area contributed by atoms with E-state index in [1.54, 1.807) is 48.5 Å². The van der Waals surface area contributed by atoms with Gasteiger partial charge in [0.2, 0.25) is 11.8 Å². The Labute approximate surface area is 180 Å². The molecule has 0 aliphatic carbocycles. The molecule has 1 aliphatic heterocycles. The van der Waals surface area contributed by atoms with E-state index in [1.165, 1.54) is 0 Å². The summed E-state index contributed by atoms with van der Waals surface area (Å²) < 4.78 is 63.9. The Morgan fingerprint density at radius 2 is 1.50 bits per heavy atom. The minimum atomic E-state index is -6.02. The van der Waals surface area contributed by atoms with E-state index in [4.69, 9.17) is 0 Å². The zero-order chi connectivity index (χ0) is 23.9. The van der Waals surface area contributed by atoms with Crippen molar-refractivity contribution in [2.45, 2.75) is 38.4 Å². The molecule has 32 heavy (non-hydrogen) atoms. The highest BCUT2D eigenvalue weighted by atomic mass is 19.4. The van der Waals surface area contributed by atoms with Gasteiger partial charge in [-0.15, -0.1) is 0 Å². The maximum atomic E-state index is 13.3. The first-order chi connectivity index (χ1) is 14.8. The molecule has 1 aliphatic rings. The number of hydrogen-bond donors (Lipinski definition) is 2. The van der Waals surface area contributed by atoms with Gasteiger partial charge in [-0.3, -0.25) is 19.7 Å². The molecular weight excluding hydrogens is 435 g/mol.